The molecule has 3 aromatic rings. The third-order valence-corrected chi connectivity index (χ3v) is 7.74. The third kappa shape index (κ3) is 10.8. The van der Waals surface area contributed by atoms with Crippen LogP contribution in [0.3, 0.4) is 0 Å². The van der Waals surface area contributed by atoms with Gasteiger partial charge < -0.3 is 14.6 Å². The fraction of sp³-hybridized carbons (Fsp3) is 0.464. The molecule has 13 heteroatoms. The predicted molar refractivity (Wildman–Crippen MR) is 145 cm³/mol. The number of rotatable bonds is 14. The fourth-order valence-corrected chi connectivity index (χ4v) is 5.14. The van der Waals surface area contributed by atoms with Gasteiger partial charge in [0.15, 0.2) is 0 Å². The van der Waals surface area contributed by atoms with Crippen LogP contribution in [-0.2, 0) is 21.2 Å². The van der Waals surface area contributed by atoms with E-state index >= 15 is 0 Å². The molecule has 0 saturated heterocycles. The molecule has 0 fully saturated rings. The maximum absolute atomic E-state index is 12.9. The number of halogens is 3. The molecule has 41 heavy (non-hydrogen) atoms. The molecular formula is C28H33F3N4O5S. The number of hydrogen-bond acceptors (Lipinski definition) is 8. The topological polar surface area (TPSA) is 116 Å². The number of benzene rings is 2. The van der Waals surface area contributed by atoms with Crippen molar-refractivity contribution in [2.24, 2.45) is 11.8 Å². The number of aliphatic hydroxyl groups excluding tert-OH is 1. The Labute approximate surface area is 237 Å². The van der Waals surface area contributed by atoms with E-state index in [2.05, 4.69) is 27.4 Å². The van der Waals surface area contributed by atoms with Crippen molar-refractivity contribution in [3.05, 3.63) is 60.2 Å². The summed E-state index contributed by atoms with van der Waals surface area (Å²) in [6.07, 6.45) is -5.60. The van der Waals surface area contributed by atoms with Crippen LogP contribution in [0.1, 0.15) is 38.7 Å². The van der Waals surface area contributed by atoms with Crippen LogP contribution in [0.4, 0.5) is 13.2 Å². The van der Waals surface area contributed by atoms with Crippen molar-refractivity contribution in [2.45, 2.75) is 57.2 Å². The molecule has 3 rings (SSSR count). The maximum atomic E-state index is 12.9. The smallest absolute Gasteiger partial charge is 0.389 e. The van der Waals surface area contributed by atoms with E-state index in [4.69, 9.17) is 9.47 Å². The van der Waals surface area contributed by atoms with Crippen LogP contribution in [-0.4, -0.2) is 65.0 Å². The Bertz CT molecular complexity index is 1390. The third-order valence-electron chi connectivity index (χ3n) is 5.99. The molecule has 0 spiro atoms. The second-order valence-electron chi connectivity index (χ2n) is 9.65. The molecule has 9 nitrogen and oxygen atoms in total. The number of aliphatic hydroxyl groups is 1. The molecule has 1 aromatic heterocycles. The fourth-order valence-electron chi connectivity index (χ4n) is 3.68. The summed E-state index contributed by atoms with van der Waals surface area (Å²) in [5, 5.41) is 21.1. The summed E-state index contributed by atoms with van der Waals surface area (Å²) in [7, 11) is -3.85. The number of sulfone groups is 1. The minimum absolute atomic E-state index is 0.0123. The number of tetrazole rings is 1. The van der Waals surface area contributed by atoms with Crippen molar-refractivity contribution in [1.29, 1.82) is 0 Å². The number of para-hydroxylation sites is 1. The predicted octanol–water partition coefficient (Wildman–Crippen LogP) is 4.40. The number of nitrogens with zero attached hydrogens (tertiary/aromatic N) is 4. The summed E-state index contributed by atoms with van der Waals surface area (Å²) >= 11 is 0. The highest BCUT2D eigenvalue weighted by molar-refractivity contribution is 7.91. The van der Waals surface area contributed by atoms with Gasteiger partial charge in [-0.3, -0.25) is 0 Å². The average Bonchev–Trinajstić information content (AvgIpc) is 3.44. The monoisotopic (exact) mass is 594 g/mol. The van der Waals surface area contributed by atoms with Crippen LogP contribution in [0, 0.1) is 23.7 Å². The summed E-state index contributed by atoms with van der Waals surface area (Å²) in [5.41, 5.74) is 1.39. The maximum Gasteiger partial charge on any atom is 0.389 e. The van der Waals surface area contributed by atoms with Gasteiger partial charge in [-0.25, -0.2) is 8.42 Å². The Hall–Kier alpha value is -3.47. The quantitative estimate of drug-likeness (QED) is 0.216. The summed E-state index contributed by atoms with van der Waals surface area (Å²) < 4.78 is 74.6. The average molecular weight is 595 g/mol. The van der Waals surface area contributed by atoms with Crippen molar-refractivity contribution in [3.8, 4) is 23.3 Å². The van der Waals surface area contributed by atoms with Crippen LogP contribution >= 0.6 is 0 Å². The van der Waals surface area contributed by atoms with E-state index in [1.807, 2.05) is 6.92 Å². The lowest BCUT2D eigenvalue weighted by Crippen LogP contribution is -2.20. The highest BCUT2D eigenvalue weighted by atomic mass is 32.2. The van der Waals surface area contributed by atoms with Crippen molar-refractivity contribution >= 4 is 9.84 Å². The van der Waals surface area contributed by atoms with E-state index in [9.17, 15) is 26.7 Å². The summed E-state index contributed by atoms with van der Waals surface area (Å²) in [6.45, 7) is 4.15. The van der Waals surface area contributed by atoms with Crippen molar-refractivity contribution in [3.63, 3.8) is 0 Å². The first-order valence-electron chi connectivity index (χ1n) is 13.1. The Kier molecular flexibility index (Phi) is 11.7. The molecule has 2 aromatic carbocycles. The summed E-state index contributed by atoms with van der Waals surface area (Å²) in [6, 6.07) is 15.6. The summed E-state index contributed by atoms with van der Waals surface area (Å²) in [5.74, 6) is 4.95. The molecule has 3 atom stereocenters. The van der Waals surface area contributed by atoms with Crippen LogP contribution in [0.15, 0.2) is 59.8 Å². The largest absolute Gasteiger partial charge is 0.494 e. The van der Waals surface area contributed by atoms with E-state index in [0.717, 1.165) is 10.2 Å². The standard InChI is InChI=1S/C28H33F3N4O5S/c1-21(20-41(37,38)27-32-33-34-35(27)24-7-4-3-5-8-24)9-14-26(36)22(2)15-18-39-19-23-10-12-25(13-11-23)40-17-6-16-28(29,30)31/h3-5,7-8,10-13,21-22,26,36H,6,15-20H2,1-2H3/t21-,22+,26?/m1/s1. The van der Waals surface area contributed by atoms with Crippen LogP contribution in [0.2, 0.25) is 0 Å². The Morgan fingerprint density at radius 2 is 1.73 bits per heavy atom. The number of aromatic nitrogens is 4. The number of ether oxygens (including phenoxy) is 2. The highest BCUT2D eigenvalue weighted by Gasteiger charge is 2.27. The molecule has 1 unspecified atom stereocenters. The molecule has 0 amide bonds. The van der Waals surface area contributed by atoms with Crippen LogP contribution in [0.25, 0.3) is 5.69 Å². The zero-order valence-corrected chi connectivity index (χ0v) is 23.6. The highest BCUT2D eigenvalue weighted by Crippen LogP contribution is 2.22. The Morgan fingerprint density at radius 1 is 1.02 bits per heavy atom. The van der Waals surface area contributed by atoms with Gasteiger partial charge in [0.05, 0.1) is 24.7 Å². The molecule has 0 aliphatic heterocycles. The molecule has 0 aliphatic carbocycles. The van der Waals surface area contributed by atoms with Gasteiger partial charge in [-0.1, -0.05) is 61.1 Å². The number of hydrogen-bond donors (Lipinski definition) is 1. The first-order valence-corrected chi connectivity index (χ1v) is 14.7. The van der Waals surface area contributed by atoms with Crippen LogP contribution in [0.5, 0.6) is 5.75 Å². The van der Waals surface area contributed by atoms with E-state index in [-0.39, 0.29) is 29.9 Å². The van der Waals surface area contributed by atoms with Gasteiger partial charge in [0.25, 0.3) is 5.16 Å². The number of alkyl halides is 3. The van der Waals surface area contributed by atoms with Crippen molar-refractivity contribution in [1.82, 2.24) is 20.2 Å². The van der Waals surface area contributed by atoms with Gasteiger partial charge in [0.2, 0.25) is 9.84 Å². The lowest BCUT2D eigenvalue weighted by molar-refractivity contribution is -0.136. The van der Waals surface area contributed by atoms with Gasteiger partial charge in [-0.15, -0.1) is 0 Å². The zero-order valence-electron chi connectivity index (χ0n) is 22.8. The Balaban J connectivity index is 1.39. The second-order valence-corrected chi connectivity index (χ2v) is 11.6. The normalized spacial score (nSPS) is 14.1. The van der Waals surface area contributed by atoms with E-state index < -0.39 is 34.5 Å². The van der Waals surface area contributed by atoms with Gasteiger partial charge in [0.1, 0.15) is 11.9 Å². The van der Waals surface area contributed by atoms with Gasteiger partial charge in [0, 0.05) is 18.9 Å². The molecule has 1 N–H and O–H groups in total. The van der Waals surface area contributed by atoms with Crippen molar-refractivity contribution in [2.75, 3.05) is 19.0 Å². The van der Waals surface area contributed by atoms with E-state index in [1.54, 1.807) is 61.5 Å². The minimum atomic E-state index is -4.18. The van der Waals surface area contributed by atoms with Crippen molar-refractivity contribution < 1.29 is 36.2 Å². The molecule has 0 bridgehead atoms. The summed E-state index contributed by atoms with van der Waals surface area (Å²) in [4.78, 5) is 0. The molecule has 0 saturated carbocycles. The van der Waals surface area contributed by atoms with Gasteiger partial charge in [-0.2, -0.15) is 17.9 Å². The minimum Gasteiger partial charge on any atom is -0.494 e. The molecule has 1 heterocycles. The first kappa shape index (κ1) is 32.0. The van der Waals surface area contributed by atoms with Gasteiger partial charge >= 0.3 is 6.18 Å². The van der Waals surface area contributed by atoms with Gasteiger partial charge in [-0.05, 0) is 59.0 Å². The second kappa shape index (κ2) is 15.0. The van der Waals surface area contributed by atoms with E-state index in [0.29, 0.717) is 31.1 Å². The Morgan fingerprint density at radius 3 is 2.41 bits per heavy atom. The SMILES string of the molecule is C[C@H](C#CC(O)[C@@H](C)CCOCc1ccc(OCCCC(F)(F)F)cc1)CS(=O)(=O)c1nnnn1-c1ccccc1. The molecule has 222 valence electrons. The lowest BCUT2D eigenvalue weighted by Gasteiger charge is -2.14. The molecular weight excluding hydrogens is 561 g/mol. The lowest BCUT2D eigenvalue weighted by atomic mass is 10.0. The van der Waals surface area contributed by atoms with Crippen LogP contribution < -0.4 is 4.74 Å². The molecule has 0 radical (unpaired) electrons. The molecule has 0 aliphatic rings. The zero-order chi connectivity index (χ0) is 29.9. The first-order chi connectivity index (χ1) is 19.4. The van der Waals surface area contributed by atoms with E-state index in [1.165, 1.54) is 0 Å².